The van der Waals surface area contributed by atoms with Gasteiger partial charge in [0.2, 0.25) is 0 Å². The van der Waals surface area contributed by atoms with Crippen LogP contribution in [0.4, 0.5) is 10.5 Å². The van der Waals surface area contributed by atoms with Gasteiger partial charge < -0.3 is 15.0 Å². The quantitative estimate of drug-likeness (QED) is 0.632. The zero-order valence-electron chi connectivity index (χ0n) is 13.6. The molecule has 0 aliphatic carbocycles. The molecule has 1 heterocycles. The summed E-state index contributed by atoms with van der Waals surface area (Å²) in [4.78, 5) is 26.5. The molecule has 2 aromatic rings. The number of rotatable bonds is 6. The van der Waals surface area contributed by atoms with Crippen LogP contribution in [0.5, 0.6) is 0 Å². The SMILES string of the molecule is CC(C)c1nc(COC(N)=O)n(C)c1Sc1cccc([N+](=O)[O-])c1. The van der Waals surface area contributed by atoms with E-state index in [0.29, 0.717) is 5.82 Å². The molecule has 2 rings (SSSR count). The van der Waals surface area contributed by atoms with E-state index in [2.05, 4.69) is 4.98 Å². The minimum absolute atomic E-state index is 0.0267. The molecule has 1 amide bonds. The summed E-state index contributed by atoms with van der Waals surface area (Å²) in [6.07, 6.45) is -0.864. The van der Waals surface area contributed by atoms with Gasteiger partial charge in [0, 0.05) is 24.1 Å². The standard InChI is InChI=1S/C15H18N4O4S/c1-9(2)13-14(18(3)12(17-13)8-23-15(16)20)24-11-6-4-5-10(7-11)19(21)22/h4-7,9H,8H2,1-3H3,(H2,16,20). The smallest absolute Gasteiger partial charge is 0.404 e. The number of carbonyl (C=O) groups is 1. The molecule has 0 aliphatic heterocycles. The molecule has 0 fully saturated rings. The summed E-state index contributed by atoms with van der Waals surface area (Å²) in [5, 5.41) is 11.8. The Kier molecular flexibility index (Phi) is 5.45. The van der Waals surface area contributed by atoms with Crippen LogP contribution in [-0.2, 0) is 18.4 Å². The van der Waals surface area contributed by atoms with Crippen LogP contribution in [0.25, 0.3) is 0 Å². The molecule has 0 unspecified atom stereocenters. The largest absolute Gasteiger partial charge is 0.442 e. The molecule has 1 aromatic carbocycles. The van der Waals surface area contributed by atoms with Gasteiger partial charge in [-0.05, 0) is 12.0 Å². The van der Waals surface area contributed by atoms with Crippen molar-refractivity contribution in [1.82, 2.24) is 9.55 Å². The maximum atomic E-state index is 10.9. The zero-order valence-corrected chi connectivity index (χ0v) is 14.4. The number of hydrogen-bond donors (Lipinski definition) is 1. The van der Waals surface area contributed by atoms with Gasteiger partial charge in [-0.1, -0.05) is 31.7 Å². The van der Waals surface area contributed by atoms with Gasteiger partial charge in [0.25, 0.3) is 5.69 Å². The number of nitrogens with two attached hydrogens (primary N) is 1. The highest BCUT2D eigenvalue weighted by atomic mass is 32.2. The minimum Gasteiger partial charge on any atom is -0.442 e. The Balaban J connectivity index is 2.36. The number of benzene rings is 1. The predicted octanol–water partition coefficient (Wildman–Crippen LogP) is 3.20. The molecule has 24 heavy (non-hydrogen) atoms. The van der Waals surface area contributed by atoms with Crippen molar-refractivity contribution in [3.05, 3.63) is 45.9 Å². The number of carbonyl (C=O) groups excluding carboxylic acids is 1. The predicted molar refractivity (Wildman–Crippen MR) is 88.9 cm³/mol. The van der Waals surface area contributed by atoms with Gasteiger partial charge >= 0.3 is 6.09 Å². The van der Waals surface area contributed by atoms with Gasteiger partial charge in [0.15, 0.2) is 6.61 Å². The van der Waals surface area contributed by atoms with Crippen LogP contribution in [0.15, 0.2) is 34.2 Å². The third kappa shape index (κ3) is 4.05. The van der Waals surface area contributed by atoms with Crippen LogP contribution in [-0.4, -0.2) is 20.6 Å². The molecule has 1 aromatic heterocycles. The Morgan fingerprint density at radius 3 is 2.79 bits per heavy atom. The minimum atomic E-state index is -0.864. The molecule has 0 radical (unpaired) electrons. The lowest BCUT2D eigenvalue weighted by atomic mass is 10.2. The molecular formula is C15H18N4O4S. The summed E-state index contributed by atoms with van der Waals surface area (Å²) in [6.45, 7) is 3.97. The van der Waals surface area contributed by atoms with E-state index >= 15 is 0 Å². The first-order valence-corrected chi connectivity index (χ1v) is 8.01. The lowest BCUT2D eigenvalue weighted by molar-refractivity contribution is -0.385. The van der Waals surface area contributed by atoms with Gasteiger partial charge in [-0.15, -0.1) is 0 Å². The van der Waals surface area contributed by atoms with E-state index in [-0.39, 0.29) is 18.2 Å². The average molecular weight is 350 g/mol. The second-order valence-corrected chi connectivity index (χ2v) is 6.46. The highest BCUT2D eigenvalue weighted by molar-refractivity contribution is 7.99. The van der Waals surface area contributed by atoms with E-state index in [9.17, 15) is 14.9 Å². The number of nitro benzene ring substituents is 1. The van der Waals surface area contributed by atoms with Crippen molar-refractivity contribution in [2.45, 2.75) is 36.3 Å². The van der Waals surface area contributed by atoms with Crippen molar-refractivity contribution in [2.75, 3.05) is 0 Å². The fraction of sp³-hybridized carbons (Fsp3) is 0.333. The van der Waals surface area contributed by atoms with Crippen molar-refractivity contribution in [3.63, 3.8) is 0 Å². The van der Waals surface area contributed by atoms with Crippen LogP contribution < -0.4 is 5.73 Å². The van der Waals surface area contributed by atoms with Gasteiger partial charge in [0.1, 0.15) is 10.9 Å². The van der Waals surface area contributed by atoms with E-state index < -0.39 is 11.0 Å². The van der Waals surface area contributed by atoms with E-state index in [1.807, 2.05) is 18.4 Å². The maximum absolute atomic E-state index is 10.9. The summed E-state index contributed by atoms with van der Waals surface area (Å²) in [7, 11) is 1.80. The second-order valence-electron chi connectivity index (χ2n) is 5.40. The molecule has 2 N–H and O–H groups in total. The molecule has 128 valence electrons. The number of non-ortho nitro benzene ring substituents is 1. The molecule has 0 saturated heterocycles. The van der Waals surface area contributed by atoms with Crippen LogP contribution in [0.1, 0.15) is 31.3 Å². The van der Waals surface area contributed by atoms with Crippen LogP contribution in [0, 0.1) is 10.1 Å². The monoisotopic (exact) mass is 350 g/mol. The van der Waals surface area contributed by atoms with Gasteiger partial charge in [-0.25, -0.2) is 9.78 Å². The number of aromatic nitrogens is 2. The molecular weight excluding hydrogens is 332 g/mol. The fourth-order valence-electron chi connectivity index (χ4n) is 2.08. The third-order valence-electron chi connectivity index (χ3n) is 3.29. The molecule has 0 saturated carbocycles. The van der Waals surface area contributed by atoms with Crippen LogP contribution >= 0.6 is 11.8 Å². The summed E-state index contributed by atoms with van der Waals surface area (Å²) in [5.41, 5.74) is 5.86. The summed E-state index contributed by atoms with van der Waals surface area (Å²) >= 11 is 1.38. The zero-order chi connectivity index (χ0) is 17.9. The van der Waals surface area contributed by atoms with Crippen LogP contribution in [0.3, 0.4) is 0 Å². The van der Waals surface area contributed by atoms with E-state index in [0.717, 1.165) is 15.6 Å². The first-order valence-electron chi connectivity index (χ1n) is 7.19. The van der Waals surface area contributed by atoms with Crippen molar-refractivity contribution < 1.29 is 14.5 Å². The fourth-order valence-corrected chi connectivity index (χ4v) is 3.26. The number of hydrogen-bond acceptors (Lipinski definition) is 6. The third-order valence-corrected chi connectivity index (χ3v) is 4.46. The van der Waals surface area contributed by atoms with Gasteiger partial charge in [0.05, 0.1) is 10.6 Å². The highest BCUT2D eigenvalue weighted by Crippen LogP contribution is 2.35. The molecule has 0 bridgehead atoms. The molecule has 0 spiro atoms. The van der Waals surface area contributed by atoms with Gasteiger partial charge in [-0.2, -0.15) is 0 Å². The number of amides is 1. The number of nitrogens with zero attached hydrogens (tertiary/aromatic N) is 3. The molecule has 8 nitrogen and oxygen atoms in total. The second kappa shape index (κ2) is 7.35. The van der Waals surface area contributed by atoms with Gasteiger partial charge in [-0.3, -0.25) is 10.1 Å². The Morgan fingerprint density at radius 2 is 2.21 bits per heavy atom. The number of ether oxygens (including phenoxy) is 1. The Bertz CT molecular complexity index is 773. The van der Waals surface area contributed by atoms with E-state index in [4.69, 9.17) is 10.5 Å². The average Bonchev–Trinajstić information content (AvgIpc) is 2.82. The Labute approximate surface area is 143 Å². The summed E-state index contributed by atoms with van der Waals surface area (Å²) in [6, 6.07) is 6.40. The first-order chi connectivity index (χ1) is 11.3. The van der Waals surface area contributed by atoms with Crippen molar-refractivity contribution >= 4 is 23.5 Å². The molecule has 0 aliphatic rings. The summed E-state index contributed by atoms with van der Waals surface area (Å²) in [5.74, 6) is 0.699. The molecule has 0 atom stereocenters. The Hall–Kier alpha value is -2.55. The normalized spacial score (nSPS) is 10.8. The lowest BCUT2D eigenvalue weighted by Crippen LogP contribution is -2.14. The maximum Gasteiger partial charge on any atom is 0.404 e. The molecule has 9 heteroatoms. The summed E-state index contributed by atoms with van der Waals surface area (Å²) < 4.78 is 6.62. The highest BCUT2D eigenvalue weighted by Gasteiger charge is 2.19. The van der Waals surface area contributed by atoms with Crippen molar-refractivity contribution in [1.29, 1.82) is 0 Å². The Morgan fingerprint density at radius 1 is 1.50 bits per heavy atom. The lowest BCUT2D eigenvalue weighted by Gasteiger charge is -2.08. The number of primary amides is 1. The van der Waals surface area contributed by atoms with Crippen molar-refractivity contribution in [3.8, 4) is 0 Å². The number of nitro groups is 1. The topological polar surface area (TPSA) is 113 Å². The van der Waals surface area contributed by atoms with E-state index in [1.54, 1.807) is 19.2 Å². The number of imidazole rings is 1. The first kappa shape index (κ1) is 17.8. The van der Waals surface area contributed by atoms with E-state index in [1.165, 1.54) is 23.9 Å². The van der Waals surface area contributed by atoms with Crippen molar-refractivity contribution in [2.24, 2.45) is 12.8 Å². The van der Waals surface area contributed by atoms with Crippen LogP contribution in [0.2, 0.25) is 0 Å².